The first-order valence-electron chi connectivity index (χ1n) is 4.65. The maximum absolute atomic E-state index is 12.8. The van der Waals surface area contributed by atoms with Crippen molar-refractivity contribution in [3.8, 4) is 0 Å². The molecule has 0 bridgehead atoms. The van der Waals surface area contributed by atoms with Crippen LogP contribution < -0.4 is 0 Å². The normalized spacial score (nSPS) is 12.5. The van der Waals surface area contributed by atoms with Crippen LogP contribution in [0, 0.1) is 15.9 Å². The second-order valence-corrected chi connectivity index (χ2v) is 3.30. The van der Waals surface area contributed by atoms with Gasteiger partial charge in [-0.3, -0.25) is 10.1 Å². The van der Waals surface area contributed by atoms with Crippen LogP contribution >= 0.6 is 0 Å². The molecule has 1 unspecified atom stereocenters. The van der Waals surface area contributed by atoms with Crippen molar-refractivity contribution in [2.75, 3.05) is 0 Å². The van der Waals surface area contributed by atoms with Crippen LogP contribution in [-0.2, 0) is 6.42 Å². The zero-order chi connectivity index (χ0) is 11.4. The Morgan fingerprint density at radius 3 is 2.80 bits per heavy atom. The zero-order valence-corrected chi connectivity index (χ0v) is 8.31. The number of halogens is 1. The topological polar surface area (TPSA) is 63.4 Å². The lowest BCUT2D eigenvalue weighted by Crippen LogP contribution is -2.10. The zero-order valence-electron chi connectivity index (χ0n) is 8.31. The van der Waals surface area contributed by atoms with Gasteiger partial charge in [0.15, 0.2) is 0 Å². The summed E-state index contributed by atoms with van der Waals surface area (Å²) < 4.78 is 12.8. The molecule has 0 saturated heterocycles. The molecule has 0 aliphatic heterocycles. The van der Waals surface area contributed by atoms with Crippen molar-refractivity contribution in [3.63, 3.8) is 0 Å². The van der Waals surface area contributed by atoms with Crippen LogP contribution in [0.4, 0.5) is 10.1 Å². The van der Waals surface area contributed by atoms with E-state index in [1.807, 2.05) is 0 Å². The number of nitro benzene ring substituents is 1. The van der Waals surface area contributed by atoms with Crippen LogP contribution in [-0.4, -0.2) is 16.1 Å². The third kappa shape index (κ3) is 2.99. The van der Waals surface area contributed by atoms with Gasteiger partial charge in [-0.2, -0.15) is 0 Å². The van der Waals surface area contributed by atoms with Gasteiger partial charge < -0.3 is 5.11 Å². The van der Waals surface area contributed by atoms with Gasteiger partial charge in [-0.05, 0) is 18.6 Å². The first-order chi connectivity index (χ1) is 7.04. The Kier molecular flexibility index (Phi) is 3.74. The van der Waals surface area contributed by atoms with Gasteiger partial charge in [0, 0.05) is 12.0 Å². The second kappa shape index (κ2) is 4.84. The second-order valence-electron chi connectivity index (χ2n) is 3.30. The van der Waals surface area contributed by atoms with Gasteiger partial charge >= 0.3 is 0 Å². The molecule has 1 aromatic carbocycles. The molecule has 0 aliphatic carbocycles. The highest BCUT2D eigenvalue weighted by Gasteiger charge is 2.16. The molecular formula is C10H12FNO3. The summed E-state index contributed by atoms with van der Waals surface area (Å²) in [5, 5.41) is 20.0. The molecule has 15 heavy (non-hydrogen) atoms. The van der Waals surface area contributed by atoms with Crippen LogP contribution in [0.15, 0.2) is 18.2 Å². The van der Waals surface area contributed by atoms with Crippen molar-refractivity contribution in [2.24, 2.45) is 0 Å². The fourth-order valence-electron chi connectivity index (χ4n) is 1.28. The Balaban J connectivity index is 3.01. The molecule has 1 rings (SSSR count). The highest BCUT2D eigenvalue weighted by molar-refractivity contribution is 5.40. The highest BCUT2D eigenvalue weighted by atomic mass is 19.1. The minimum atomic E-state index is -0.642. The summed E-state index contributed by atoms with van der Waals surface area (Å²) in [5.41, 5.74) is 0.0817. The quantitative estimate of drug-likeness (QED) is 0.615. The maximum Gasteiger partial charge on any atom is 0.275 e. The third-order valence-electron chi connectivity index (χ3n) is 2.17. The SMILES string of the molecule is CCC(O)Cc1ccc(F)cc1[N+](=O)[O-]. The summed E-state index contributed by atoms with van der Waals surface area (Å²) >= 11 is 0. The number of benzene rings is 1. The third-order valence-corrected chi connectivity index (χ3v) is 2.17. The molecule has 1 aromatic rings. The van der Waals surface area contributed by atoms with Gasteiger partial charge in [0.1, 0.15) is 5.82 Å². The van der Waals surface area contributed by atoms with Gasteiger partial charge in [-0.15, -0.1) is 0 Å². The molecule has 5 heteroatoms. The molecule has 0 aliphatic rings. The van der Waals surface area contributed by atoms with E-state index < -0.39 is 16.8 Å². The maximum atomic E-state index is 12.8. The number of aliphatic hydroxyl groups excluding tert-OH is 1. The monoisotopic (exact) mass is 213 g/mol. The van der Waals surface area contributed by atoms with Crippen LogP contribution in [0.5, 0.6) is 0 Å². The van der Waals surface area contributed by atoms with Crippen LogP contribution in [0.1, 0.15) is 18.9 Å². The molecule has 0 saturated carbocycles. The number of rotatable bonds is 4. The van der Waals surface area contributed by atoms with E-state index in [0.717, 1.165) is 12.1 Å². The molecule has 0 heterocycles. The van der Waals surface area contributed by atoms with Crippen LogP contribution in [0.2, 0.25) is 0 Å². The van der Waals surface area contributed by atoms with Crippen molar-refractivity contribution in [1.29, 1.82) is 0 Å². The predicted molar refractivity (Wildman–Crippen MR) is 53.1 cm³/mol. The van der Waals surface area contributed by atoms with E-state index >= 15 is 0 Å². The highest BCUT2D eigenvalue weighted by Crippen LogP contribution is 2.21. The molecule has 4 nitrogen and oxygen atoms in total. The van der Waals surface area contributed by atoms with Crippen molar-refractivity contribution in [1.82, 2.24) is 0 Å². The fraction of sp³-hybridized carbons (Fsp3) is 0.400. The summed E-state index contributed by atoms with van der Waals surface area (Å²) in [7, 11) is 0. The minimum absolute atomic E-state index is 0.174. The summed E-state index contributed by atoms with van der Waals surface area (Å²) in [4.78, 5) is 9.96. The molecule has 1 N–H and O–H groups in total. The number of aliphatic hydroxyl groups is 1. The fourth-order valence-corrected chi connectivity index (χ4v) is 1.28. The molecule has 82 valence electrons. The Morgan fingerprint density at radius 1 is 1.60 bits per heavy atom. The van der Waals surface area contributed by atoms with Gasteiger partial charge in [0.25, 0.3) is 5.69 Å². The minimum Gasteiger partial charge on any atom is -0.393 e. The Morgan fingerprint density at radius 2 is 2.27 bits per heavy atom. The Bertz CT molecular complexity index is 368. The van der Waals surface area contributed by atoms with E-state index in [9.17, 15) is 19.6 Å². The number of hydrogen-bond acceptors (Lipinski definition) is 3. The van der Waals surface area contributed by atoms with Crippen molar-refractivity contribution in [2.45, 2.75) is 25.9 Å². The summed E-state index contributed by atoms with van der Waals surface area (Å²) in [6.07, 6.45) is 0.0518. The molecule has 0 spiro atoms. The molecule has 0 amide bonds. The lowest BCUT2D eigenvalue weighted by Gasteiger charge is -2.07. The van der Waals surface area contributed by atoms with Crippen molar-refractivity contribution >= 4 is 5.69 Å². The van der Waals surface area contributed by atoms with E-state index in [4.69, 9.17) is 0 Å². The molecule has 1 atom stereocenters. The van der Waals surface area contributed by atoms with E-state index in [0.29, 0.717) is 12.0 Å². The predicted octanol–water partition coefficient (Wildman–Crippen LogP) is 2.05. The first-order valence-corrected chi connectivity index (χ1v) is 4.65. The lowest BCUT2D eigenvalue weighted by molar-refractivity contribution is -0.385. The van der Waals surface area contributed by atoms with Gasteiger partial charge in [-0.1, -0.05) is 6.92 Å². The summed E-state index contributed by atoms with van der Waals surface area (Å²) in [5.74, 6) is -0.642. The lowest BCUT2D eigenvalue weighted by atomic mass is 10.0. The van der Waals surface area contributed by atoms with E-state index in [-0.39, 0.29) is 12.1 Å². The average Bonchev–Trinajstić information content (AvgIpc) is 2.20. The summed E-state index contributed by atoms with van der Waals surface area (Å²) in [6.45, 7) is 1.78. The standard InChI is InChI=1S/C10H12FNO3/c1-2-9(13)5-7-3-4-8(11)6-10(7)12(14)15/h3-4,6,9,13H,2,5H2,1H3. The summed E-state index contributed by atoms with van der Waals surface area (Å²) in [6, 6.07) is 3.37. The van der Waals surface area contributed by atoms with Crippen molar-refractivity contribution in [3.05, 3.63) is 39.7 Å². The Hall–Kier alpha value is -1.49. The van der Waals surface area contributed by atoms with Crippen molar-refractivity contribution < 1.29 is 14.4 Å². The first kappa shape index (κ1) is 11.6. The average molecular weight is 213 g/mol. The molecule has 0 radical (unpaired) electrons. The van der Waals surface area contributed by atoms with E-state index in [1.54, 1.807) is 6.92 Å². The smallest absolute Gasteiger partial charge is 0.275 e. The largest absolute Gasteiger partial charge is 0.393 e. The molecule has 0 aromatic heterocycles. The van der Waals surface area contributed by atoms with Gasteiger partial charge in [0.2, 0.25) is 0 Å². The molecular weight excluding hydrogens is 201 g/mol. The van der Waals surface area contributed by atoms with Crippen LogP contribution in [0.25, 0.3) is 0 Å². The number of nitrogens with zero attached hydrogens (tertiary/aromatic N) is 1. The van der Waals surface area contributed by atoms with E-state index in [2.05, 4.69) is 0 Å². The Labute approximate surface area is 86.5 Å². The number of nitro groups is 1. The van der Waals surface area contributed by atoms with Crippen LogP contribution in [0.3, 0.4) is 0 Å². The molecule has 0 fully saturated rings. The van der Waals surface area contributed by atoms with Gasteiger partial charge in [0.05, 0.1) is 17.1 Å². The van der Waals surface area contributed by atoms with E-state index in [1.165, 1.54) is 6.07 Å². The van der Waals surface area contributed by atoms with Gasteiger partial charge in [-0.25, -0.2) is 4.39 Å². The number of hydrogen-bond donors (Lipinski definition) is 1.